The van der Waals surface area contributed by atoms with Crippen LogP contribution in [0.4, 0.5) is 0 Å². The van der Waals surface area contributed by atoms with Crippen molar-refractivity contribution in [2.24, 2.45) is 0 Å². The van der Waals surface area contributed by atoms with Crippen molar-refractivity contribution in [3.63, 3.8) is 0 Å². The van der Waals surface area contributed by atoms with Gasteiger partial charge >= 0.3 is 0 Å². The van der Waals surface area contributed by atoms with E-state index < -0.39 is 17.7 Å². The van der Waals surface area contributed by atoms with Gasteiger partial charge in [-0.15, -0.1) is 0 Å². The smallest absolute Gasteiger partial charge is 0.295 e. The lowest BCUT2D eigenvalue weighted by Gasteiger charge is -2.31. The molecule has 5 rings (SSSR count). The van der Waals surface area contributed by atoms with Crippen LogP contribution < -0.4 is 4.74 Å². The zero-order valence-corrected chi connectivity index (χ0v) is 23.3. The molecule has 1 atom stereocenters. The van der Waals surface area contributed by atoms with E-state index in [1.165, 1.54) is 12.8 Å². The van der Waals surface area contributed by atoms with E-state index >= 15 is 0 Å². The Morgan fingerprint density at radius 2 is 1.82 bits per heavy atom. The SMILES string of the molecule is CCCCCCOc1ccc(C2/C(=C(\O)c3c(C)nc4ccccn34)C(=O)C(=O)N2CCN2CCOCC2)cc1. The third kappa shape index (κ3) is 5.76. The number of Topliss-reactive ketones (excluding diaryl/α,β-unsaturated/α-hetero) is 1. The predicted octanol–water partition coefficient (Wildman–Crippen LogP) is 4.36. The van der Waals surface area contributed by atoms with E-state index in [0.29, 0.717) is 49.9 Å². The first-order valence-corrected chi connectivity index (χ1v) is 14.2. The van der Waals surface area contributed by atoms with Crippen LogP contribution in [0.3, 0.4) is 0 Å². The molecule has 2 aliphatic heterocycles. The summed E-state index contributed by atoms with van der Waals surface area (Å²) in [5.74, 6) is -0.777. The van der Waals surface area contributed by atoms with E-state index in [0.717, 1.165) is 37.2 Å². The molecule has 0 bridgehead atoms. The Hall–Kier alpha value is -3.69. The minimum atomic E-state index is -0.728. The zero-order chi connectivity index (χ0) is 28.1. The topological polar surface area (TPSA) is 96.6 Å². The van der Waals surface area contributed by atoms with Gasteiger partial charge < -0.3 is 19.5 Å². The van der Waals surface area contributed by atoms with E-state index in [9.17, 15) is 14.7 Å². The summed E-state index contributed by atoms with van der Waals surface area (Å²) in [4.78, 5) is 35.3. The number of aliphatic hydroxyl groups excluding tert-OH is 1. The average molecular weight is 547 g/mol. The number of benzene rings is 1. The third-order valence-electron chi connectivity index (χ3n) is 7.69. The first-order chi connectivity index (χ1) is 19.5. The minimum Gasteiger partial charge on any atom is -0.505 e. The summed E-state index contributed by atoms with van der Waals surface area (Å²) < 4.78 is 13.1. The fourth-order valence-corrected chi connectivity index (χ4v) is 5.52. The number of unbranched alkanes of at least 4 members (excludes halogenated alkanes) is 3. The number of ketones is 1. The molecule has 0 aliphatic carbocycles. The summed E-state index contributed by atoms with van der Waals surface area (Å²) in [6.45, 7) is 8.43. The number of morpholine rings is 1. The number of carbonyl (C=O) groups excluding carboxylic acids is 2. The molecule has 0 radical (unpaired) electrons. The van der Waals surface area contributed by atoms with Gasteiger partial charge in [-0.1, -0.05) is 44.4 Å². The molecule has 2 aliphatic rings. The molecule has 212 valence electrons. The second-order valence-electron chi connectivity index (χ2n) is 10.4. The highest BCUT2D eigenvalue weighted by atomic mass is 16.5. The number of carbonyl (C=O) groups is 2. The molecule has 9 heteroatoms. The molecule has 40 heavy (non-hydrogen) atoms. The second-order valence-corrected chi connectivity index (χ2v) is 10.4. The molecule has 0 saturated carbocycles. The molecule has 9 nitrogen and oxygen atoms in total. The first kappa shape index (κ1) is 27.9. The maximum atomic E-state index is 13.5. The van der Waals surface area contributed by atoms with Gasteiger partial charge in [0.25, 0.3) is 11.7 Å². The van der Waals surface area contributed by atoms with Crippen LogP contribution in [0, 0.1) is 6.92 Å². The molecule has 1 unspecified atom stereocenters. The predicted molar refractivity (Wildman–Crippen MR) is 152 cm³/mol. The lowest BCUT2D eigenvalue weighted by molar-refractivity contribution is -0.140. The summed E-state index contributed by atoms with van der Waals surface area (Å²) in [7, 11) is 0. The highest BCUT2D eigenvalue weighted by Gasteiger charge is 2.46. The van der Waals surface area contributed by atoms with E-state index in [2.05, 4.69) is 16.8 Å². The van der Waals surface area contributed by atoms with E-state index in [1.807, 2.05) is 42.5 Å². The van der Waals surface area contributed by atoms with Gasteiger partial charge in [0.2, 0.25) is 0 Å². The van der Waals surface area contributed by atoms with E-state index in [4.69, 9.17) is 9.47 Å². The standard InChI is InChI=1S/C31H38N4O5/c1-3-4-5-8-19-40-24-12-10-23(11-13-24)28-26(29(36)27-22(2)32-25-9-6-7-14-34(25)27)30(37)31(38)35(28)16-15-33-17-20-39-21-18-33/h6-7,9-14,28,36H,3-5,8,15-21H2,1-2H3/b29-26+. The quantitative estimate of drug-likeness (QED) is 0.165. The van der Waals surface area contributed by atoms with Crippen LogP contribution in [0.5, 0.6) is 5.75 Å². The van der Waals surface area contributed by atoms with E-state index in [1.54, 1.807) is 22.4 Å². The molecule has 2 aromatic heterocycles. The highest BCUT2D eigenvalue weighted by Crippen LogP contribution is 2.40. The number of ether oxygens (including phenoxy) is 2. The summed E-state index contributed by atoms with van der Waals surface area (Å²) in [6, 6.07) is 12.3. The van der Waals surface area contributed by atoms with Crippen molar-refractivity contribution >= 4 is 23.1 Å². The molecule has 2 fully saturated rings. The van der Waals surface area contributed by atoms with Gasteiger partial charge in [-0.3, -0.25) is 18.9 Å². The highest BCUT2D eigenvalue weighted by molar-refractivity contribution is 6.46. The fourth-order valence-electron chi connectivity index (χ4n) is 5.52. The number of aliphatic hydroxyl groups is 1. The summed E-state index contributed by atoms with van der Waals surface area (Å²) in [5.41, 5.74) is 2.47. The van der Waals surface area contributed by atoms with Crippen molar-refractivity contribution in [3.05, 3.63) is 71.2 Å². The lowest BCUT2D eigenvalue weighted by Crippen LogP contribution is -2.42. The van der Waals surface area contributed by atoms with Gasteiger partial charge in [0.05, 0.1) is 37.1 Å². The first-order valence-electron chi connectivity index (χ1n) is 14.2. The molecule has 1 amide bonds. The molecule has 2 saturated heterocycles. The number of hydrogen-bond acceptors (Lipinski definition) is 7. The van der Waals surface area contributed by atoms with Gasteiger partial charge in [-0.2, -0.15) is 0 Å². The van der Waals surface area contributed by atoms with Crippen LogP contribution in [0.25, 0.3) is 11.4 Å². The minimum absolute atomic E-state index is 0.0777. The lowest BCUT2D eigenvalue weighted by atomic mass is 9.96. The fraction of sp³-hybridized carbons (Fsp3) is 0.452. The average Bonchev–Trinajstić information content (AvgIpc) is 3.44. The van der Waals surface area contributed by atoms with Crippen molar-refractivity contribution in [1.82, 2.24) is 19.2 Å². The molecule has 3 aromatic rings. The molecular formula is C31H38N4O5. The normalized spacial score (nSPS) is 19.6. The molecule has 1 N–H and O–H groups in total. The number of imidazole rings is 1. The number of rotatable bonds is 11. The van der Waals surface area contributed by atoms with Crippen LogP contribution in [0.2, 0.25) is 0 Å². The largest absolute Gasteiger partial charge is 0.505 e. The van der Waals surface area contributed by atoms with Crippen molar-refractivity contribution in [2.45, 2.75) is 45.6 Å². The second kappa shape index (κ2) is 12.7. The number of aryl methyl sites for hydroxylation is 1. The van der Waals surface area contributed by atoms with Crippen LogP contribution in [-0.2, 0) is 14.3 Å². The van der Waals surface area contributed by atoms with Crippen LogP contribution in [0.1, 0.15) is 55.6 Å². The number of aromatic nitrogens is 2. The van der Waals surface area contributed by atoms with Crippen molar-refractivity contribution in [1.29, 1.82) is 0 Å². The number of hydrogen-bond donors (Lipinski definition) is 1. The zero-order valence-electron chi connectivity index (χ0n) is 23.3. The third-order valence-corrected chi connectivity index (χ3v) is 7.69. The Bertz CT molecular complexity index is 1370. The number of nitrogens with zero attached hydrogens (tertiary/aromatic N) is 4. The number of amides is 1. The maximum absolute atomic E-state index is 13.5. The Labute approximate surface area is 235 Å². The number of likely N-dealkylation sites (tertiary alicyclic amines) is 1. The molecule has 1 aromatic carbocycles. The number of pyridine rings is 1. The number of fused-ring (bicyclic) bond motifs is 1. The van der Waals surface area contributed by atoms with Gasteiger partial charge in [-0.25, -0.2) is 4.98 Å². The van der Waals surface area contributed by atoms with Crippen molar-refractivity contribution < 1.29 is 24.2 Å². The van der Waals surface area contributed by atoms with Crippen molar-refractivity contribution in [2.75, 3.05) is 46.0 Å². The molecule has 0 spiro atoms. The van der Waals surface area contributed by atoms with Gasteiger partial charge in [0.1, 0.15) is 17.1 Å². The molecular weight excluding hydrogens is 508 g/mol. The maximum Gasteiger partial charge on any atom is 0.295 e. The Morgan fingerprint density at radius 1 is 1.05 bits per heavy atom. The van der Waals surface area contributed by atoms with Crippen LogP contribution in [0.15, 0.2) is 54.2 Å². The van der Waals surface area contributed by atoms with Gasteiger partial charge in [0, 0.05) is 32.4 Å². The Kier molecular flexibility index (Phi) is 8.81. The summed E-state index contributed by atoms with van der Waals surface area (Å²) in [6.07, 6.45) is 6.29. The van der Waals surface area contributed by atoms with Crippen molar-refractivity contribution in [3.8, 4) is 5.75 Å². The Morgan fingerprint density at radius 3 is 2.58 bits per heavy atom. The Balaban J connectivity index is 1.49. The summed E-state index contributed by atoms with van der Waals surface area (Å²) in [5, 5.41) is 11.7. The monoisotopic (exact) mass is 546 g/mol. The molecule has 4 heterocycles. The van der Waals surface area contributed by atoms with Gasteiger partial charge in [0.15, 0.2) is 5.76 Å². The van der Waals surface area contributed by atoms with E-state index in [-0.39, 0.29) is 11.3 Å². The summed E-state index contributed by atoms with van der Waals surface area (Å²) >= 11 is 0. The van der Waals surface area contributed by atoms with Gasteiger partial charge in [-0.05, 0) is 43.2 Å². The van der Waals surface area contributed by atoms with Crippen LogP contribution in [-0.4, -0.2) is 82.0 Å². The van der Waals surface area contributed by atoms with Crippen LogP contribution >= 0.6 is 0 Å².